The third-order valence-electron chi connectivity index (χ3n) is 5.87. The maximum absolute atomic E-state index is 13.0. The Bertz CT molecular complexity index is 801. The fourth-order valence-corrected chi connectivity index (χ4v) is 4.92. The minimum Gasteiger partial charge on any atom is -0.346 e. The molecule has 4 rings (SSSR count). The van der Waals surface area contributed by atoms with Crippen molar-refractivity contribution >= 4 is 34.2 Å². The summed E-state index contributed by atoms with van der Waals surface area (Å²) < 4.78 is 4.54. The van der Waals surface area contributed by atoms with Crippen LogP contribution in [0.1, 0.15) is 44.0 Å². The highest BCUT2D eigenvalue weighted by Gasteiger charge is 2.31. The largest absolute Gasteiger partial charge is 0.346 e. The molecular weight excluding hydrogens is 392 g/mol. The molecule has 28 heavy (non-hydrogen) atoms. The van der Waals surface area contributed by atoms with Gasteiger partial charge in [-0.3, -0.25) is 4.79 Å². The number of aromatic nitrogens is 2. The first-order chi connectivity index (χ1) is 13.6. The van der Waals surface area contributed by atoms with Crippen LogP contribution in [0.15, 0.2) is 24.3 Å². The Hall–Kier alpha value is -1.66. The zero-order valence-electron chi connectivity index (χ0n) is 16.3. The van der Waals surface area contributed by atoms with Crippen molar-refractivity contribution in [2.24, 2.45) is 11.8 Å². The van der Waals surface area contributed by atoms with Crippen molar-refractivity contribution in [1.29, 1.82) is 0 Å². The van der Waals surface area contributed by atoms with E-state index in [1.54, 1.807) is 0 Å². The van der Waals surface area contributed by atoms with Crippen molar-refractivity contribution in [1.82, 2.24) is 14.3 Å². The van der Waals surface area contributed by atoms with Crippen molar-refractivity contribution in [3.05, 3.63) is 40.7 Å². The molecule has 1 amide bonds. The van der Waals surface area contributed by atoms with E-state index in [2.05, 4.69) is 21.1 Å². The Balaban J connectivity index is 1.37. The molecule has 5 nitrogen and oxygen atoms in total. The highest BCUT2D eigenvalue weighted by Crippen LogP contribution is 2.28. The lowest BCUT2D eigenvalue weighted by atomic mass is 9.94. The summed E-state index contributed by atoms with van der Waals surface area (Å²) in [6.07, 6.45) is 4.99. The first kappa shape index (κ1) is 19.6. The van der Waals surface area contributed by atoms with Crippen molar-refractivity contribution in [3.8, 4) is 0 Å². The predicted octanol–water partition coefficient (Wildman–Crippen LogP) is 4.26. The average Bonchev–Trinajstić information content (AvgIpc) is 3.18. The van der Waals surface area contributed by atoms with Gasteiger partial charge in [-0.05, 0) is 49.3 Å². The summed E-state index contributed by atoms with van der Waals surface area (Å²) in [5, 5.41) is 1.68. The molecule has 0 N–H and O–H groups in total. The number of hydrogen-bond donors (Lipinski definition) is 0. The van der Waals surface area contributed by atoms with E-state index in [1.165, 1.54) is 11.5 Å². The Morgan fingerprint density at radius 2 is 1.93 bits per heavy atom. The van der Waals surface area contributed by atoms with Gasteiger partial charge in [-0.2, -0.15) is 4.37 Å². The average molecular weight is 419 g/mol. The lowest BCUT2D eigenvalue weighted by molar-refractivity contribution is -0.137. The van der Waals surface area contributed by atoms with E-state index in [0.717, 1.165) is 79.3 Å². The smallest absolute Gasteiger partial charge is 0.227 e. The third-order valence-corrected chi connectivity index (χ3v) is 6.94. The van der Waals surface area contributed by atoms with E-state index in [0.29, 0.717) is 12.3 Å². The predicted molar refractivity (Wildman–Crippen MR) is 114 cm³/mol. The summed E-state index contributed by atoms with van der Waals surface area (Å²) in [5.74, 6) is 2.00. The monoisotopic (exact) mass is 418 g/mol. The zero-order valence-corrected chi connectivity index (χ0v) is 17.9. The number of nitrogens with zero attached hydrogens (tertiary/aromatic N) is 4. The molecule has 0 saturated carbocycles. The van der Waals surface area contributed by atoms with Gasteiger partial charge in [0.2, 0.25) is 11.0 Å². The summed E-state index contributed by atoms with van der Waals surface area (Å²) in [7, 11) is 0. The molecule has 0 radical (unpaired) electrons. The van der Waals surface area contributed by atoms with Crippen LogP contribution in [0.5, 0.6) is 0 Å². The molecule has 0 bridgehead atoms. The molecular formula is C21H27ClN4OS. The van der Waals surface area contributed by atoms with Crippen molar-refractivity contribution in [3.63, 3.8) is 0 Å². The number of carbonyl (C=O) groups excluding carboxylic acids is 1. The number of piperidine rings is 2. The van der Waals surface area contributed by atoms with Gasteiger partial charge in [-0.1, -0.05) is 30.7 Å². The molecule has 2 saturated heterocycles. The second-order valence-electron chi connectivity index (χ2n) is 8.09. The topological polar surface area (TPSA) is 49.3 Å². The maximum atomic E-state index is 13.0. The number of halogens is 1. The molecule has 0 spiro atoms. The number of anilines is 1. The van der Waals surface area contributed by atoms with E-state index < -0.39 is 0 Å². The van der Waals surface area contributed by atoms with Gasteiger partial charge < -0.3 is 9.80 Å². The fraction of sp³-hybridized carbons (Fsp3) is 0.571. The van der Waals surface area contributed by atoms with E-state index in [9.17, 15) is 4.79 Å². The van der Waals surface area contributed by atoms with Crippen molar-refractivity contribution in [2.75, 3.05) is 31.1 Å². The van der Waals surface area contributed by atoms with Gasteiger partial charge in [0.05, 0.1) is 5.92 Å². The van der Waals surface area contributed by atoms with Gasteiger partial charge >= 0.3 is 0 Å². The molecule has 1 atom stereocenters. The SMILES string of the molecule is CC1CCN(C(=O)[C@@H]2CCCN(c3nc(Cc4ccc(Cl)cc4)ns3)C2)CC1. The summed E-state index contributed by atoms with van der Waals surface area (Å²) in [4.78, 5) is 22.0. The van der Waals surface area contributed by atoms with Crippen LogP contribution in [0.4, 0.5) is 5.13 Å². The number of rotatable bonds is 4. The summed E-state index contributed by atoms with van der Waals surface area (Å²) >= 11 is 7.40. The number of amides is 1. The molecule has 150 valence electrons. The third kappa shape index (κ3) is 4.66. The van der Waals surface area contributed by atoms with Crippen LogP contribution in [0, 0.1) is 11.8 Å². The fourth-order valence-electron chi connectivity index (χ4n) is 4.07. The van der Waals surface area contributed by atoms with E-state index >= 15 is 0 Å². The lowest BCUT2D eigenvalue weighted by Gasteiger charge is -2.37. The Labute approximate surface area is 175 Å². The molecule has 3 heterocycles. The van der Waals surface area contributed by atoms with E-state index in [-0.39, 0.29) is 5.92 Å². The molecule has 0 unspecified atom stereocenters. The van der Waals surface area contributed by atoms with Gasteiger partial charge in [0, 0.05) is 49.2 Å². The summed E-state index contributed by atoms with van der Waals surface area (Å²) in [6.45, 7) is 5.83. The number of likely N-dealkylation sites (tertiary alicyclic amines) is 1. The molecule has 1 aromatic heterocycles. The number of hydrogen-bond acceptors (Lipinski definition) is 5. The van der Waals surface area contributed by atoms with Crippen LogP contribution in [0.3, 0.4) is 0 Å². The first-order valence-corrected chi connectivity index (χ1v) is 11.3. The van der Waals surface area contributed by atoms with Crippen LogP contribution < -0.4 is 4.90 Å². The van der Waals surface area contributed by atoms with Crippen molar-refractivity contribution in [2.45, 2.75) is 39.0 Å². The Kier molecular flexibility index (Phi) is 6.16. The van der Waals surface area contributed by atoms with Crippen LogP contribution in [0.25, 0.3) is 0 Å². The number of benzene rings is 1. The molecule has 2 aliphatic heterocycles. The van der Waals surface area contributed by atoms with Crippen LogP contribution in [0.2, 0.25) is 5.02 Å². The van der Waals surface area contributed by atoms with E-state index in [4.69, 9.17) is 16.6 Å². The minimum atomic E-state index is 0.0887. The molecule has 2 aromatic rings. The number of carbonyl (C=O) groups is 1. The Morgan fingerprint density at radius 1 is 1.18 bits per heavy atom. The second kappa shape index (κ2) is 8.78. The highest BCUT2D eigenvalue weighted by atomic mass is 35.5. The molecule has 0 aliphatic carbocycles. The molecule has 2 aliphatic rings. The lowest BCUT2D eigenvalue weighted by Crippen LogP contribution is -2.47. The van der Waals surface area contributed by atoms with Crippen LogP contribution in [-0.4, -0.2) is 46.3 Å². The van der Waals surface area contributed by atoms with Crippen molar-refractivity contribution < 1.29 is 4.79 Å². The maximum Gasteiger partial charge on any atom is 0.227 e. The summed E-state index contributed by atoms with van der Waals surface area (Å²) in [6, 6.07) is 7.81. The quantitative estimate of drug-likeness (QED) is 0.744. The van der Waals surface area contributed by atoms with Gasteiger partial charge in [-0.15, -0.1) is 0 Å². The Morgan fingerprint density at radius 3 is 2.68 bits per heavy atom. The second-order valence-corrected chi connectivity index (χ2v) is 9.26. The van der Waals surface area contributed by atoms with Crippen LogP contribution >= 0.6 is 23.1 Å². The van der Waals surface area contributed by atoms with E-state index in [1.807, 2.05) is 24.3 Å². The standard InChI is InChI=1S/C21H27ClN4OS/c1-15-8-11-25(12-9-15)20(27)17-3-2-10-26(14-17)21-23-19(24-28-21)13-16-4-6-18(22)7-5-16/h4-7,15,17H,2-3,8-14H2,1H3/t17-/m1/s1. The van der Waals surface area contributed by atoms with Gasteiger partial charge in [-0.25, -0.2) is 4.98 Å². The first-order valence-electron chi connectivity index (χ1n) is 10.2. The van der Waals surface area contributed by atoms with Crippen LogP contribution in [-0.2, 0) is 11.2 Å². The van der Waals surface area contributed by atoms with Gasteiger partial charge in [0.25, 0.3) is 0 Å². The molecule has 2 fully saturated rings. The highest BCUT2D eigenvalue weighted by molar-refractivity contribution is 7.09. The zero-order chi connectivity index (χ0) is 19.5. The minimum absolute atomic E-state index is 0.0887. The van der Waals surface area contributed by atoms with Gasteiger partial charge in [0.15, 0.2) is 0 Å². The molecule has 7 heteroatoms. The molecule has 1 aromatic carbocycles. The normalized spacial score (nSPS) is 21.1. The summed E-state index contributed by atoms with van der Waals surface area (Å²) in [5.41, 5.74) is 1.15. The van der Waals surface area contributed by atoms with Gasteiger partial charge in [0.1, 0.15) is 5.82 Å².